The number of amides is 1. The number of hydrogen-bond acceptors (Lipinski definition) is 4. The van der Waals surface area contributed by atoms with Gasteiger partial charge in [0.2, 0.25) is 5.91 Å². The quantitative estimate of drug-likeness (QED) is 0.807. The maximum Gasteiger partial charge on any atom is 0.239 e. The van der Waals surface area contributed by atoms with Crippen LogP contribution in [0.3, 0.4) is 0 Å². The summed E-state index contributed by atoms with van der Waals surface area (Å²) < 4.78 is 5.55. The van der Waals surface area contributed by atoms with Crippen LogP contribution >= 0.6 is 0 Å². The summed E-state index contributed by atoms with van der Waals surface area (Å²) in [5, 5.41) is 3.01. The molecule has 0 aliphatic carbocycles. The minimum absolute atomic E-state index is 0.0832. The lowest BCUT2D eigenvalue weighted by molar-refractivity contribution is -0.126. The van der Waals surface area contributed by atoms with Gasteiger partial charge in [-0.1, -0.05) is 13.3 Å². The summed E-state index contributed by atoms with van der Waals surface area (Å²) in [6.45, 7) is 6.48. The van der Waals surface area contributed by atoms with Gasteiger partial charge in [0.25, 0.3) is 0 Å². The first-order chi connectivity index (χ1) is 10.0. The highest BCUT2D eigenvalue weighted by atomic mass is 16.3. The third kappa shape index (κ3) is 4.08. The molecule has 2 rings (SSSR count). The smallest absolute Gasteiger partial charge is 0.239 e. The molecule has 0 spiro atoms. The van der Waals surface area contributed by atoms with Gasteiger partial charge < -0.3 is 15.5 Å². The molecule has 0 radical (unpaired) electrons. The Morgan fingerprint density at radius 1 is 1.52 bits per heavy atom. The summed E-state index contributed by atoms with van der Waals surface area (Å²) in [6.07, 6.45) is 5.68. The van der Waals surface area contributed by atoms with Crippen LogP contribution < -0.4 is 11.1 Å². The number of nitrogens with zero attached hydrogens (tertiary/aromatic N) is 1. The first kappa shape index (κ1) is 16.0. The van der Waals surface area contributed by atoms with E-state index in [4.69, 9.17) is 10.2 Å². The first-order valence-corrected chi connectivity index (χ1v) is 7.89. The standard InChI is InChI=1S/C16H27N3O2/c1-3-8-16(2,17)15(20)18-12-13(14-7-6-11-21-14)19-9-4-5-10-19/h6-7,11,13H,3-5,8-10,12,17H2,1-2H3,(H,18,20). The van der Waals surface area contributed by atoms with Crippen molar-refractivity contribution in [3.05, 3.63) is 24.2 Å². The summed E-state index contributed by atoms with van der Waals surface area (Å²) in [5.41, 5.74) is 5.28. The van der Waals surface area contributed by atoms with E-state index in [0.29, 0.717) is 13.0 Å². The molecule has 1 aromatic rings. The lowest BCUT2D eigenvalue weighted by Crippen LogP contribution is -2.53. The monoisotopic (exact) mass is 293 g/mol. The van der Waals surface area contributed by atoms with E-state index in [9.17, 15) is 4.79 Å². The van der Waals surface area contributed by atoms with Gasteiger partial charge in [0.05, 0.1) is 17.8 Å². The van der Waals surface area contributed by atoms with Crippen molar-refractivity contribution in [2.45, 2.75) is 51.1 Å². The van der Waals surface area contributed by atoms with Crippen molar-refractivity contribution in [3.63, 3.8) is 0 Å². The molecule has 5 nitrogen and oxygen atoms in total. The molecular weight excluding hydrogens is 266 g/mol. The molecule has 0 bridgehead atoms. The van der Waals surface area contributed by atoms with E-state index in [2.05, 4.69) is 10.2 Å². The number of hydrogen-bond donors (Lipinski definition) is 2. The van der Waals surface area contributed by atoms with Gasteiger partial charge in [0, 0.05) is 6.54 Å². The molecule has 1 aliphatic rings. The molecule has 1 fully saturated rings. The Hall–Kier alpha value is -1.33. The number of carbonyl (C=O) groups excluding carboxylic acids is 1. The highest BCUT2D eigenvalue weighted by Crippen LogP contribution is 2.25. The van der Waals surface area contributed by atoms with Gasteiger partial charge in [-0.25, -0.2) is 0 Å². The first-order valence-electron chi connectivity index (χ1n) is 7.89. The predicted octanol–water partition coefficient (Wildman–Crippen LogP) is 2.05. The third-order valence-electron chi connectivity index (χ3n) is 4.20. The molecule has 2 unspecified atom stereocenters. The van der Waals surface area contributed by atoms with E-state index < -0.39 is 5.54 Å². The van der Waals surface area contributed by atoms with E-state index in [-0.39, 0.29) is 11.9 Å². The van der Waals surface area contributed by atoms with Crippen molar-refractivity contribution in [1.29, 1.82) is 0 Å². The average molecular weight is 293 g/mol. The zero-order valence-corrected chi connectivity index (χ0v) is 13.1. The van der Waals surface area contributed by atoms with E-state index in [1.165, 1.54) is 12.8 Å². The second kappa shape index (κ2) is 7.09. The molecule has 0 aromatic carbocycles. The largest absolute Gasteiger partial charge is 0.468 e. The van der Waals surface area contributed by atoms with Crippen molar-refractivity contribution in [3.8, 4) is 0 Å². The Labute approximate surface area is 126 Å². The van der Waals surface area contributed by atoms with Crippen LogP contribution in [-0.4, -0.2) is 36.0 Å². The highest BCUT2D eigenvalue weighted by molar-refractivity contribution is 5.85. The molecule has 5 heteroatoms. The van der Waals surface area contributed by atoms with Crippen LogP contribution in [-0.2, 0) is 4.79 Å². The topological polar surface area (TPSA) is 71.5 Å². The van der Waals surface area contributed by atoms with Crippen molar-refractivity contribution in [1.82, 2.24) is 10.2 Å². The minimum atomic E-state index is -0.798. The van der Waals surface area contributed by atoms with Gasteiger partial charge in [0.15, 0.2) is 0 Å². The molecular formula is C16H27N3O2. The molecule has 1 aromatic heterocycles. The maximum atomic E-state index is 12.3. The maximum absolute atomic E-state index is 12.3. The van der Waals surface area contributed by atoms with E-state index >= 15 is 0 Å². The van der Waals surface area contributed by atoms with E-state index in [1.807, 2.05) is 19.1 Å². The number of nitrogens with one attached hydrogen (secondary N) is 1. The summed E-state index contributed by atoms with van der Waals surface area (Å²) in [6, 6.07) is 3.97. The molecule has 1 aliphatic heterocycles. The molecule has 3 N–H and O–H groups in total. The van der Waals surface area contributed by atoms with Crippen LogP contribution in [0.5, 0.6) is 0 Å². The molecule has 1 amide bonds. The lowest BCUT2D eigenvalue weighted by Gasteiger charge is -2.28. The van der Waals surface area contributed by atoms with Crippen LogP contribution in [0.2, 0.25) is 0 Å². The van der Waals surface area contributed by atoms with Crippen molar-refractivity contribution in [2.24, 2.45) is 5.73 Å². The van der Waals surface area contributed by atoms with Crippen LogP contribution in [0.15, 0.2) is 22.8 Å². The Morgan fingerprint density at radius 3 is 2.81 bits per heavy atom. The van der Waals surface area contributed by atoms with Gasteiger partial charge in [-0.2, -0.15) is 0 Å². The second-order valence-electron chi connectivity index (χ2n) is 6.15. The molecule has 1 saturated heterocycles. The van der Waals surface area contributed by atoms with Gasteiger partial charge in [-0.15, -0.1) is 0 Å². The Balaban J connectivity index is 1.98. The summed E-state index contributed by atoms with van der Waals surface area (Å²) >= 11 is 0. The summed E-state index contributed by atoms with van der Waals surface area (Å²) in [4.78, 5) is 14.6. The highest BCUT2D eigenvalue weighted by Gasteiger charge is 2.30. The van der Waals surface area contributed by atoms with E-state index in [1.54, 1.807) is 13.2 Å². The minimum Gasteiger partial charge on any atom is -0.468 e. The Morgan fingerprint density at radius 2 is 2.24 bits per heavy atom. The Kier molecular flexibility index (Phi) is 5.42. The fourth-order valence-electron chi connectivity index (χ4n) is 2.97. The molecule has 2 atom stereocenters. The van der Waals surface area contributed by atoms with Crippen molar-refractivity contribution in [2.75, 3.05) is 19.6 Å². The van der Waals surface area contributed by atoms with Crippen LogP contribution in [0.1, 0.15) is 51.3 Å². The fraction of sp³-hybridized carbons (Fsp3) is 0.688. The van der Waals surface area contributed by atoms with Crippen molar-refractivity contribution >= 4 is 5.91 Å². The number of rotatable bonds is 7. The summed E-state index contributed by atoms with van der Waals surface area (Å²) in [5.74, 6) is 0.825. The van der Waals surface area contributed by atoms with Gasteiger partial charge in [-0.3, -0.25) is 9.69 Å². The predicted molar refractivity (Wildman–Crippen MR) is 82.8 cm³/mol. The van der Waals surface area contributed by atoms with E-state index in [0.717, 1.165) is 25.3 Å². The zero-order valence-electron chi connectivity index (χ0n) is 13.1. The Bertz CT molecular complexity index is 436. The van der Waals surface area contributed by atoms with Crippen LogP contribution in [0, 0.1) is 0 Å². The number of likely N-dealkylation sites (tertiary alicyclic amines) is 1. The third-order valence-corrected chi connectivity index (χ3v) is 4.20. The fourth-order valence-corrected chi connectivity index (χ4v) is 2.97. The van der Waals surface area contributed by atoms with Gasteiger partial charge in [-0.05, 0) is 51.4 Å². The molecule has 118 valence electrons. The second-order valence-corrected chi connectivity index (χ2v) is 6.15. The normalized spacial score (nSPS) is 20.1. The molecule has 2 heterocycles. The summed E-state index contributed by atoms with van der Waals surface area (Å²) in [7, 11) is 0. The number of carbonyl (C=O) groups is 1. The average Bonchev–Trinajstić information content (AvgIpc) is 3.12. The van der Waals surface area contributed by atoms with Crippen molar-refractivity contribution < 1.29 is 9.21 Å². The SMILES string of the molecule is CCCC(C)(N)C(=O)NCC(c1ccco1)N1CCCC1. The number of furan rings is 1. The zero-order chi connectivity index (χ0) is 15.3. The van der Waals surface area contributed by atoms with Gasteiger partial charge in [0.1, 0.15) is 5.76 Å². The van der Waals surface area contributed by atoms with Crippen LogP contribution in [0.25, 0.3) is 0 Å². The molecule has 0 saturated carbocycles. The van der Waals surface area contributed by atoms with Gasteiger partial charge >= 0.3 is 0 Å². The molecule has 21 heavy (non-hydrogen) atoms. The lowest BCUT2D eigenvalue weighted by atomic mass is 9.96. The van der Waals surface area contributed by atoms with Crippen LogP contribution in [0.4, 0.5) is 0 Å². The number of nitrogens with two attached hydrogens (primary N) is 1.